The fourth-order valence-corrected chi connectivity index (χ4v) is 4.75. The van der Waals surface area contributed by atoms with Crippen LogP contribution in [0.15, 0.2) is 42.5 Å². The minimum atomic E-state index is 0.786. The summed E-state index contributed by atoms with van der Waals surface area (Å²) in [4.78, 5) is 2.54. The molecular formula is C19H23ClN4S. The Balaban J connectivity index is 1.55. The molecule has 0 atom stereocenters. The van der Waals surface area contributed by atoms with Crippen LogP contribution >= 0.6 is 23.7 Å². The average molecular weight is 375 g/mol. The van der Waals surface area contributed by atoms with Gasteiger partial charge in [-0.05, 0) is 42.8 Å². The number of fused-ring (bicyclic) bond motifs is 1. The Labute approximate surface area is 159 Å². The first-order valence-corrected chi connectivity index (χ1v) is 9.87. The summed E-state index contributed by atoms with van der Waals surface area (Å²) in [5.74, 6) is 0. The third kappa shape index (κ3) is 3.60. The first kappa shape index (κ1) is 17.0. The van der Waals surface area contributed by atoms with Crippen molar-refractivity contribution in [3.63, 3.8) is 0 Å². The highest BCUT2D eigenvalue weighted by molar-refractivity contribution is 8.02. The molecule has 0 amide bonds. The summed E-state index contributed by atoms with van der Waals surface area (Å²) in [6.45, 7) is 8.70. The molecule has 4 rings (SSSR count). The average Bonchev–Trinajstić information content (AvgIpc) is 3.00. The normalized spacial score (nSPS) is 17.8. The summed E-state index contributed by atoms with van der Waals surface area (Å²) in [5, 5.41) is 4.20. The van der Waals surface area contributed by atoms with E-state index in [1.165, 1.54) is 22.6 Å². The lowest BCUT2D eigenvalue weighted by Gasteiger charge is -2.29. The molecule has 0 aromatic heterocycles. The van der Waals surface area contributed by atoms with Gasteiger partial charge in [-0.25, -0.2) is 0 Å². The largest absolute Gasteiger partial charge is 0.314 e. The number of aryl methyl sites for hydroxylation is 1. The number of para-hydroxylation sites is 2. The molecule has 2 aromatic carbocycles. The van der Waals surface area contributed by atoms with Crippen molar-refractivity contribution in [2.24, 2.45) is 0 Å². The quantitative estimate of drug-likeness (QED) is 0.812. The smallest absolute Gasteiger partial charge is 0.0784 e. The second kappa shape index (κ2) is 7.46. The van der Waals surface area contributed by atoms with Gasteiger partial charge >= 0.3 is 0 Å². The minimum absolute atomic E-state index is 0.786. The second-order valence-corrected chi connectivity index (χ2v) is 7.89. The monoisotopic (exact) mass is 374 g/mol. The predicted octanol–water partition coefficient (Wildman–Crippen LogP) is 4.07. The SMILES string of the molecule is Cc1cc(Cl)ccc1N1SN(CCN2CCNCC2)c2ccccc21. The highest BCUT2D eigenvalue weighted by atomic mass is 35.5. The predicted molar refractivity (Wildman–Crippen MR) is 109 cm³/mol. The van der Waals surface area contributed by atoms with Gasteiger partial charge in [-0.15, -0.1) is 0 Å². The van der Waals surface area contributed by atoms with E-state index in [-0.39, 0.29) is 0 Å². The lowest BCUT2D eigenvalue weighted by Crippen LogP contribution is -2.45. The Hall–Kier alpha value is -1.40. The van der Waals surface area contributed by atoms with Crippen molar-refractivity contribution in [2.75, 3.05) is 47.9 Å². The molecule has 0 aliphatic carbocycles. The lowest BCUT2D eigenvalue weighted by atomic mass is 10.2. The summed E-state index contributed by atoms with van der Waals surface area (Å²) in [6.07, 6.45) is 0. The number of benzene rings is 2. The van der Waals surface area contributed by atoms with Gasteiger partial charge in [0.2, 0.25) is 0 Å². The molecule has 0 radical (unpaired) electrons. The number of rotatable bonds is 4. The van der Waals surface area contributed by atoms with E-state index in [9.17, 15) is 0 Å². The van der Waals surface area contributed by atoms with Crippen molar-refractivity contribution >= 4 is 40.8 Å². The van der Waals surface area contributed by atoms with Crippen LogP contribution in [0.4, 0.5) is 17.1 Å². The molecular weight excluding hydrogens is 352 g/mol. The number of nitrogens with one attached hydrogen (secondary N) is 1. The number of anilines is 3. The van der Waals surface area contributed by atoms with Crippen LogP contribution in [-0.4, -0.2) is 44.2 Å². The minimum Gasteiger partial charge on any atom is -0.314 e. The van der Waals surface area contributed by atoms with E-state index >= 15 is 0 Å². The molecule has 2 aliphatic heterocycles. The molecule has 1 fully saturated rings. The summed E-state index contributed by atoms with van der Waals surface area (Å²) in [5.41, 5.74) is 4.93. The van der Waals surface area contributed by atoms with Crippen molar-refractivity contribution < 1.29 is 0 Å². The van der Waals surface area contributed by atoms with Crippen LogP contribution in [0.3, 0.4) is 0 Å². The van der Waals surface area contributed by atoms with Crippen LogP contribution in [0.25, 0.3) is 0 Å². The zero-order chi connectivity index (χ0) is 17.2. The zero-order valence-electron chi connectivity index (χ0n) is 14.4. The highest BCUT2D eigenvalue weighted by Crippen LogP contribution is 2.49. The van der Waals surface area contributed by atoms with E-state index in [0.717, 1.165) is 44.3 Å². The number of piperazine rings is 1. The fourth-order valence-electron chi connectivity index (χ4n) is 3.38. The van der Waals surface area contributed by atoms with E-state index in [1.807, 2.05) is 12.1 Å². The molecule has 2 aliphatic rings. The van der Waals surface area contributed by atoms with Gasteiger partial charge in [0.05, 0.1) is 29.2 Å². The Bertz CT molecular complexity index is 748. The van der Waals surface area contributed by atoms with E-state index in [4.69, 9.17) is 11.6 Å². The van der Waals surface area contributed by atoms with Crippen molar-refractivity contribution in [3.05, 3.63) is 53.1 Å². The van der Waals surface area contributed by atoms with Gasteiger partial charge < -0.3 is 5.32 Å². The van der Waals surface area contributed by atoms with E-state index in [2.05, 4.69) is 56.1 Å². The van der Waals surface area contributed by atoms with Gasteiger partial charge in [0.25, 0.3) is 0 Å². The van der Waals surface area contributed by atoms with Gasteiger partial charge in [0.1, 0.15) is 0 Å². The van der Waals surface area contributed by atoms with Crippen molar-refractivity contribution in [3.8, 4) is 0 Å². The third-order valence-corrected chi connectivity index (χ3v) is 6.12. The lowest BCUT2D eigenvalue weighted by molar-refractivity contribution is 0.248. The maximum Gasteiger partial charge on any atom is 0.0784 e. The zero-order valence-corrected chi connectivity index (χ0v) is 16.0. The Morgan fingerprint density at radius 1 is 1.00 bits per heavy atom. The molecule has 6 heteroatoms. The van der Waals surface area contributed by atoms with Gasteiger partial charge in [0.15, 0.2) is 0 Å². The Kier molecular flexibility index (Phi) is 5.08. The van der Waals surface area contributed by atoms with Crippen LogP contribution < -0.4 is 13.9 Å². The standard InChI is InChI=1S/C19H23ClN4S/c1-15-14-16(20)6-7-17(15)24-19-5-3-2-4-18(19)23(25-24)13-12-22-10-8-21-9-11-22/h2-7,14,21H,8-13H2,1H3. The number of halogens is 1. The topological polar surface area (TPSA) is 21.8 Å². The van der Waals surface area contributed by atoms with Crippen LogP contribution in [0, 0.1) is 6.92 Å². The molecule has 1 saturated heterocycles. The Morgan fingerprint density at radius 3 is 2.52 bits per heavy atom. The molecule has 0 spiro atoms. The summed E-state index contributed by atoms with van der Waals surface area (Å²) < 4.78 is 4.73. The first-order chi connectivity index (χ1) is 12.2. The molecule has 0 unspecified atom stereocenters. The number of nitrogens with zero attached hydrogens (tertiary/aromatic N) is 3. The maximum absolute atomic E-state index is 6.14. The van der Waals surface area contributed by atoms with Gasteiger partial charge in [-0.3, -0.25) is 13.5 Å². The molecule has 0 saturated carbocycles. The first-order valence-electron chi connectivity index (χ1n) is 8.76. The fraction of sp³-hybridized carbons (Fsp3) is 0.368. The van der Waals surface area contributed by atoms with Gasteiger partial charge in [-0.2, -0.15) is 0 Å². The number of hydrogen-bond donors (Lipinski definition) is 1. The second-order valence-electron chi connectivity index (χ2n) is 6.49. The van der Waals surface area contributed by atoms with E-state index in [0.29, 0.717) is 0 Å². The molecule has 0 bridgehead atoms. The van der Waals surface area contributed by atoms with Gasteiger partial charge in [0, 0.05) is 44.3 Å². The summed E-state index contributed by atoms with van der Waals surface area (Å²) >= 11 is 7.92. The Morgan fingerprint density at radius 2 is 1.76 bits per heavy atom. The highest BCUT2D eigenvalue weighted by Gasteiger charge is 2.29. The van der Waals surface area contributed by atoms with Crippen LogP contribution in [0.2, 0.25) is 5.02 Å². The molecule has 4 nitrogen and oxygen atoms in total. The molecule has 2 heterocycles. The van der Waals surface area contributed by atoms with Crippen molar-refractivity contribution in [2.45, 2.75) is 6.92 Å². The van der Waals surface area contributed by atoms with Crippen molar-refractivity contribution in [1.29, 1.82) is 0 Å². The van der Waals surface area contributed by atoms with Gasteiger partial charge in [-0.1, -0.05) is 23.7 Å². The van der Waals surface area contributed by atoms with E-state index < -0.39 is 0 Å². The third-order valence-electron chi connectivity index (χ3n) is 4.76. The molecule has 2 aromatic rings. The summed E-state index contributed by atoms with van der Waals surface area (Å²) in [6, 6.07) is 14.8. The molecule has 1 N–H and O–H groups in total. The summed E-state index contributed by atoms with van der Waals surface area (Å²) in [7, 11) is 0. The molecule has 25 heavy (non-hydrogen) atoms. The van der Waals surface area contributed by atoms with Crippen LogP contribution in [0.1, 0.15) is 5.56 Å². The van der Waals surface area contributed by atoms with Crippen LogP contribution in [-0.2, 0) is 0 Å². The maximum atomic E-state index is 6.14. The van der Waals surface area contributed by atoms with Crippen molar-refractivity contribution in [1.82, 2.24) is 10.2 Å². The number of hydrogen-bond acceptors (Lipinski definition) is 5. The van der Waals surface area contributed by atoms with Crippen LogP contribution in [0.5, 0.6) is 0 Å². The molecule has 132 valence electrons. The van der Waals surface area contributed by atoms with E-state index in [1.54, 1.807) is 12.1 Å².